The van der Waals surface area contributed by atoms with Crippen molar-refractivity contribution < 1.29 is 0 Å². The second-order valence-corrected chi connectivity index (χ2v) is 7.11. The average molecular weight is 297 g/mol. The van der Waals surface area contributed by atoms with Crippen LogP contribution in [0.25, 0.3) is 0 Å². The summed E-state index contributed by atoms with van der Waals surface area (Å²) in [5.74, 6) is 0. The Bertz CT molecular complexity index is 525. The van der Waals surface area contributed by atoms with Crippen LogP contribution >= 0.6 is 34.9 Å². The number of hydrogen-bond acceptors (Lipinski definition) is 6. The summed E-state index contributed by atoms with van der Waals surface area (Å²) in [6.45, 7) is 3.05. The zero-order valence-corrected chi connectivity index (χ0v) is 13.0. The molecule has 2 rings (SSSR count). The van der Waals surface area contributed by atoms with E-state index in [1.807, 2.05) is 13.3 Å². The van der Waals surface area contributed by atoms with Gasteiger partial charge in [-0.05, 0) is 43.5 Å². The highest BCUT2D eigenvalue weighted by molar-refractivity contribution is 8.03. The molecule has 0 amide bonds. The van der Waals surface area contributed by atoms with Crippen molar-refractivity contribution in [2.24, 2.45) is 0 Å². The maximum Gasteiger partial charge on any atom is 0.179 e. The summed E-state index contributed by atoms with van der Waals surface area (Å²) in [5.41, 5.74) is 2.65. The third-order valence-electron chi connectivity index (χ3n) is 2.45. The molecule has 0 spiro atoms. The van der Waals surface area contributed by atoms with Crippen molar-refractivity contribution in [2.75, 3.05) is 13.3 Å². The van der Waals surface area contributed by atoms with Gasteiger partial charge in [-0.1, -0.05) is 40.9 Å². The van der Waals surface area contributed by atoms with E-state index in [2.05, 4.69) is 40.6 Å². The maximum absolute atomic E-state index is 4.17. The highest BCUT2D eigenvalue weighted by atomic mass is 32.2. The fourth-order valence-corrected chi connectivity index (χ4v) is 4.05. The van der Waals surface area contributed by atoms with Gasteiger partial charge < -0.3 is 5.32 Å². The van der Waals surface area contributed by atoms with Crippen LogP contribution in [0, 0.1) is 6.92 Å². The first kappa shape index (κ1) is 13.9. The van der Waals surface area contributed by atoms with E-state index < -0.39 is 0 Å². The number of thioether (sulfide) groups is 1. The van der Waals surface area contributed by atoms with Crippen LogP contribution in [0.2, 0.25) is 0 Å². The van der Waals surface area contributed by atoms with Gasteiger partial charge in [0.1, 0.15) is 0 Å². The molecule has 0 saturated heterocycles. The van der Waals surface area contributed by atoms with Gasteiger partial charge in [0.05, 0.1) is 0 Å². The van der Waals surface area contributed by atoms with E-state index in [1.54, 1.807) is 34.9 Å². The molecule has 3 nitrogen and oxygen atoms in total. The minimum Gasteiger partial charge on any atom is -0.316 e. The fraction of sp³-hybridized carbons (Fsp3) is 0.333. The fourth-order valence-electron chi connectivity index (χ4n) is 1.54. The van der Waals surface area contributed by atoms with E-state index in [4.69, 9.17) is 0 Å². The molecule has 0 unspecified atom stereocenters. The summed E-state index contributed by atoms with van der Waals surface area (Å²) >= 11 is 4.95. The van der Waals surface area contributed by atoms with Crippen molar-refractivity contribution in [1.29, 1.82) is 0 Å². The Morgan fingerprint density at radius 3 is 2.67 bits per heavy atom. The summed E-state index contributed by atoms with van der Waals surface area (Å²) in [6, 6.07) is 6.52. The van der Waals surface area contributed by atoms with E-state index in [-0.39, 0.29) is 0 Å². The van der Waals surface area contributed by atoms with Gasteiger partial charge >= 0.3 is 0 Å². The molecule has 0 aliphatic heterocycles. The Balaban J connectivity index is 2.12. The highest BCUT2D eigenvalue weighted by Gasteiger charge is 2.06. The van der Waals surface area contributed by atoms with Crippen molar-refractivity contribution in [2.45, 2.75) is 27.0 Å². The lowest BCUT2D eigenvalue weighted by Gasteiger charge is -2.06. The minimum absolute atomic E-state index is 0.909. The van der Waals surface area contributed by atoms with Gasteiger partial charge in [0, 0.05) is 11.4 Å². The lowest BCUT2D eigenvalue weighted by atomic mass is 10.1. The van der Waals surface area contributed by atoms with Crippen LogP contribution < -0.4 is 5.32 Å². The summed E-state index contributed by atoms with van der Waals surface area (Å²) in [7, 11) is 1.97. The first-order chi connectivity index (χ1) is 8.72. The van der Waals surface area contributed by atoms with Crippen molar-refractivity contribution in [3.05, 3.63) is 29.3 Å². The Morgan fingerprint density at radius 2 is 2.06 bits per heavy atom. The van der Waals surface area contributed by atoms with Crippen molar-refractivity contribution in [3.63, 3.8) is 0 Å². The predicted molar refractivity (Wildman–Crippen MR) is 79.8 cm³/mol. The van der Waals surface area contributed by atoms with Crippen molar-refractivity contribution in [1.82, 2.24) is 15.5 Å². The van der Waals surface area contributed by atoms with E-state index in [1.165, 1.54) is 16.0 Å². The molecule has 18 heavy (non-hydrogen) atoms. The van der Waals surface area contributed by atoms with Gasteiger partial charge in [-0.15, -0.1) is 10.2 Å². The molecule has 96 valence electrons. The van der Waals surface area contributed by atoms with Crippen LogP contribution in [-0.4, -0.2) is 23.5 Å². The van der Waals surface area contributed by atoms with Crippen molar-refractivity contribution >= 4 is 34.9 Å². The van der Waals surface area contributed by atoms with E-state index >= 15 is 0 Å². The van der Waals surface area contributed by atoms with Crippen LogP contribution in [0.4, 0.5) is 0 Å². The van der Waals surface area contributed by atoms with Crippen LogP contribution in [0.1, 0.15) is 11.1 Å². The number of rotatable bonds is 5. The Morgan fingerprint density at radius 1 is 1.28 bits per heavy atom. The molecule has 0 aliphatic carbocycles. The van der Waals surface area contributed by atoms with Gasteiger partial charge in [0.25, 0.3) is 0 Å². The molecule has 1 heterocycles. The Labute approximate surface area is 120 Å². The van der Waals surface area contributed by atoms with E-state index in [0.717, 1.165) is 15.2 Å². The van der Waals surface area contributed by atoms with Crippen molar-refractivity contribution in [3.8, 4) is 0 Å². The van der Waals surface area contributed by atoms with Gasteiger partial charge in [0.2, 0.25) is 0 Å². The number of aryl methyl sites for hydroxylation is 1. The second-order valence-electron chi connectivity index (χ2n) is 3.76. The zero-order chi connectivity index (χ0) is 13.0. The first-order valence-electron chi connectivity index (χ1n) is 5.52. The summed E-state index contributed by atoms with van der Waals surface area (Å²) in [4.78, 5) is 1.22. The molecule has 0 radical (unpaired) electrons. The third kappa shape index (κ3) is 3.47. The molecule has 1 aromatic carbocycles. The van der Waals surface area contributed by atoms with Gasteiger partial charge in [-0.25, -0.2) is 0 Å². The molecule has 1 aromatic heterocycles. The Kier molecular flexibility index (Phi) is 5.05. The van der Waals surface area contributed by atoms with Crippen LogP contribution in [-0.2, 0) is 6.54 Å². The molecule has 0 saturated carbocycles. The third-order valence-corrected chi connectivity index (χ3v) is 5.39. The standard InChI is InChI=1S/C12H15N3S3/c1-8-6-10(5-4-9(8)7-13-2)17-12-15-14-11(16-3)18-12/h4-6,13H,7H2,1-3H3. The smallest absolute Gasteiger partial charge is 0.179 e. The van der Waals surface area contributed by atoms with Gasteiger partial charge in [0.15, 0.2) is 8.68 Å². The number of benzene rings is 1. The van der Waals surface area contributed by atoms with E-state index in [9.17, 15) is 0 Å². The SMILES string of the molecule is CNCc1ccc(Sc2nnc(SC)s2)cc1C. The largest absolute Gasteiger partial charge is 0.316 e. The average Bonchev–Trinajstić information content (AvgIpc) is 2.80. The van der Waals surface area contributed by atoms with Crippen LogP contribution in [0.5, 0.6) is 0 Å². The number of hydrogen-bond donors (Lipinski definition) is 1. The molecule has 0 fully saturated rings. The molecule has 2 aromatic rings. The van der Waals surface area contributed by atoms with E-state index in [0.29, 0.717) is 0 Å². The molecular weight excluding hydrogens is 282 g/mol. The minimum atomic E-state index is 0.909. The highest BCUT2D eigenvalue weighted by Crippen LogP contribution is 2.33. The summed E-state index contributed by atoms with van der Waals surface area (Å²) < 4.78 is 2.01. The molecule has 0 bridgehead atoms. The molecule has 0 atom stereocenters. The predicted octanol–water partition coefficient (Wildman–Crippen LogP) is 3.44. The van der Waals surface area contributed by atoms with Crippen LogP contribution in [0.3, 0.4) is 0 Å². The lowest BCUT2D eigenvalue weighted by Crippen LogP contribution is -2.06. The normalized spacial score (nSPS) is 10.8. The summed E-state index contributed by atoms with van der Waals surface area (Å²) in [6.07, 6.45) is 2.02. The molecule has 1 N–H and O–H groups in total. The quantitative estimate of drug-likeness (QED) is 0.856. The first-order valence-corrected chi connectivity index (χ1v) is 8.38. The summed E-state index contributed by atoms with van der Waals surface area (Å²) in [5, 5.41) is 11.4. The number of aromatic nitrogens is 2. The monoisotopic (exact) mass is 297 g/mol. The molecule has 6 heteroatoms. The van der Waals surface area contributed by atoms with Crippen LogP contribution in [0.15, 0.2) is 31.8 Å². The molecular formula is C12H15N3S3. The Hall–Kier alpha value is -0.560. The second kappa shape index (κ2) is 6.56. The van der Waals surface area contributed by atoms with Gasteiger partial charge in [-0.3, -0.25) is 0 Å². The van der Waals surface area contributed by atoms with Gasteiger partial charge in [-0.2, -0.15) is 0 Å². The number of nitrogens with zero attached hydrogens (tertiary/aromatic N) is 2. The maximum atomic E-state index is 4.17. The topological polar surface area (TPSA) is 37.8 Å². The number of nitrogens with one attached hydrogen (secondary N) is 1. The zero-order valence-electron chi connectivity index (χ0n) is 10.6. The lowest BCUT2D eigenvalue weighted by molar-refractivity contribution is 0.811. The molecule has 0 aliphatic rings.